The lowest BCUT2D eigenvalue weighted by molar-refractivity contribution is -0.140. The third-order valence-corrected chi connectivity index (χ3v) is 3.14. The van der Waals surface area contributed by atoms with E-state index in [0.717, 1.165) is 12.8 Å². The number of halogens is 1. The van der Waals surface area contributed by atoms with E-state index in [0.29, 0.717) is 11.9 Å². The summed E-state index contributed by atoms with van der Waals surface area (Å²) in [5.41, 5.74) is 0. The van der Waals surface area contributed by atoms with Crippen molar-refractivity contribution in [3.63, 3.8) is 0 Å². The standard InChI is InChI=1S/C10H14ClN3O2/c11-10(9(15)16)12-6-5-8(14-10)13-7-3-1-2-4-7/h5-7,12H,1-4H2,(H,13,14)(H,15,16). The zero-order valence-corrected chi connectivity index (χ0v) is 9.50. The van der Waals surface area contributed by atoms with Gasteiger partial charge in [-0.3, -0.25) is 0 Å². The van der Waals surface area contributed by atoms with E-state index in [-0.39, 0.29) is 0 Å². The molecule has 0 radical (unpaired) electrons. The molecule has 16 heavy (non-hydrogen) atoms. The van der Waals surface area contributed by atoms with Crippen LogP contribution in [0.1, 0.15) is 25.7 Å². The van der Waals surface area contributed by atoms with Gasteiger partial charge in [0.15, 0.2) is 0 Å². The molecule has 0 saturated heterocycles. The van der Waals surface area contributed by atoms with E-state index in [9.17, 15) is 4.79 Å². The van der Waals surface area contributed by atoms with Gasteiger partial charge in [-0.25, -0.2) is 9.79 Å². The van der Waals surface area contributed by atoms with Gasteiger partial charge in [0, 0.05) is 12.2 Å². The molecule has 1 aliphatic heterocycles. The molecule has 0 aromatic carbocycles. The van der Waals surface area contributed by atoms with Crippen molar-refractivity contribution < 1.29 is 9.90 Å². The summed E-state index contributed by atoms with van der Waals surface area (Å²) in [6.45, 7) is 0. The quantitative estimate of drug-likeness (QED) is 0.500. The second kappa shape index (κ2) is 4.33. The number of hydrogen-bond acceptors (Lipinski definition) is 4. The number of nitrogens with zero attached hydrogens (tertiary/aromatic N) is 1. The van der Waals surface area contributed by atoms with E-state index in [1.807, 2.05) is 0 Å². The highest BCUT2D eigenvalue weighted by atomic mass is 35.5. The maximum absolute atomic E-state index is 10.9. The first-order valence-corrected chi connectivity index (χ1v) is 5.71. The molecule has 0 amide bonds. The molecule has 1 heterocycles. The Kier molecular flexibility index (Phi) is 3.05. The zero-order chi connectivity index (χ0) is 11.6. The van der Waals surface area contributed by atoms with Gasteiger partial charge >= 0.3 is 11.1 Å². The Balaban J connectivity index is 2.05. The van der Waals surface area contributed by atoms with Gasteiger partial charge in [0.1, 0.15) is 5.84 Å². The Morgan fingerprint density at radius 2 is 2.31 bits per heavy atom. The lowest BCUT2D eigenvalue weighted by atomic mass is 10.2. The highest BCUT2D eigenvalue weighted by Crippen LogP contribution is 2.20. The van der Waals surface area contributed by atoms with Crippen molar-refractivity contribution in [3.8, 4) is 0 Å². The minimum atomic E-state index is -1.77. The summed E-state index contributed by atoms with van der Waals surface area (Å²) in [5.74, 6) is -0.674. The molecule has 3 N–H and O–H groups in total. The van der Waals surface area contributed by atoms with E-state index in [4.69, 9.17) is 16.7 Å². The smallest absolute Gasteiger partial charge is 0.369 e. The molecule has 1 fully saturated rings. The van der Waals surface area contributed by atoms with Crippen LogP contribution in [0.15, 0.2) is 17.3 Å². The summed E-state index contributed by atoms with van der Waals surface area (Å²) in [7, 11) is 0. The van der Waals surface area contributed by atoms with Crippen LogP contribution in [-0.2, 0) is 4.79 Å². The Labute approximate surface area is 98.6 Å². The molecule has 6 heteroatoms. The molecule has 0 bridgehead atoms. The van der Waals surface area contributed by atoms with Crippen molar-refractivity contribution in [2.75, 3.05) is 0 Å². The molecule has 2 rings (SSSR count). The molecular formula is C10H14ClN3O2. The maximum Gasteiger partial charge on any atom is 0.369 e. The molecule has 1 aliphatic carbocycles. The van der Waals surface area contributed by atoms with Gasteiger partial charge < -0.3 is 15.7 Å². The summed E-state index contributed by atoms with van der Waals surface area (Å²) in [5, 5.41) is 12.9. The zero-order valence-electron chi connectivity index (χ0n) is 8.74. The van der Waals surface area contributed by atoms with Crippen molar-refractivity contribution in [3.05, 3.63) is 12.3 Å². The van der Waals surface area contributed by atoms with E-state index >= 15 is 0 Å². The fraction of sp³-hybridized carbons (Fsp3) is 0.600. The van der Waals surface area contributed by atoms with Crippen molar-refractivity contribution in [1.29, 1.82) is 0 Å². The number of amidine groups is 1. The lowest BCUT2D eigenvalue weighted by Gasteiger charge is -2.24. The normalized spacial score (nSPS) is 29.7. The number of carbonyl (C=O) groups is 1. The average Bonchev–Trinajstić information content (AvgIpc) is 2.70. The Morgan fingerprint density at radius 3 is 2.94 bits per heavy atom. The highest BCUT2D eigenvalue weighted by molar-refractivity contribution is 6.34. The van der Waals surface area contributed by atoms with Gasteiger partial charge in [0.25, 0.3) is 0 Å². The van der Waals surface area contributed by atoms with Gasteiger partial charge in [-0.15, -0.1) is 0 Å². The third kappa shape index (κ3) is 2.29. The SMILES string of the molecule is O=C(O)C1(Cl)N=C(NC2CCCC2)C=CN1. The van der Waals surface area contributed by atoms with Crippen LogP contribution in [0.4, 0.5) is 0 Å². The first kappa shape index (κ1) is 11.3. The van der Waals surface area contributed by atoms with Crippen LogP contribution < -0.4 is 10.6 Å². The third-order valence-electron chi connectivity index (χ3n) is 2.78. The van der Waals surface area contributed by atoms with E-state index in [1.54, 1.807) is 6.08 Å². The minimum absolute atomic E-state index is 0.385. The number of rotatable bonds is 2. The summed E-state index contributed by atoms with van der Waals surface area (Å²) >= 11 is 5.80. The van der Waals surface area contributed by atoms with Crippen LogP contribution in [0, 0.1) is 0 Å². The molecule has 0 spiro atoms. The number of nitrogens with one attached hydrogen (secondary N) is 2. The second-order valence-corrected chi connectivity index (χ2v) is 4.57. The number of alkyl halides is 1. The Hall–Kier alpha value is -1.23. The molecule has 0 aromatic rings. The van der Waals surface area contributed by atoms with E-state index in [2.05, 4.69) is 15.6 Å². The van der Waals surface area contributed by atoms with Crippen LogP contribution >= 0.6 is 11.6 Å². The predicted molar refractivity (Wildman–Crippen MR) is 61.3 cm³/mol. The Morgan fingerprint density at radius 1 is 1.62 bits per heavy atom. The summed E-state index contributed by atoms with van der Waals surface area (Å²) in [6, 6.07) is 0.385. The topological polar surface area (TPSA) is 73.7 Å². The van der Waals surface area contributed by atoms with Crippen LogP contribution in [0.25, 0.3) is 0 Å². The van der Waals surface area contributed by atoms with Gasteiger partial charge in [-0.1, -0.05) is 24.4 Å². The highest BCUT2D eigenvalue weighted by Gasteiger charge is 2.37. The summed E-state index contributed by atoms with van der Waals surface area (Å²) < 4.78 is 0. The first-order valence-electron chi connectivity index (χ1n) is 5.33. The molecule has 2 aliphatic rings. The summed E-state index contributed by atoms with van der Waals surface area (Å²) in [6.07, 6.45) is 7.81. The van der Waals surface area contributed by atoms with Crippen LogP contribution in [0.3, 0.4) is 0 Å². The van der Waals surface area contributed by atoms with Crippen molar-refractivity contribution in [2.45, 2.75) is 36.8 Å². The van der Waals surface area contributed by atoms with Gasteiger partial charge in [-0.05, 0) is 18.9 Å². The minimum Gasteiger partial charge on any atom is -0.477 e. The van der Waals surface area contributed by atoms with Crippen molar-refractivity contribution >= 4 is 23.4 Å². The van der Waals surface area contributed by atoms with Gasteiger partial charge in [0.2, 0.25) is 0 Å². The molecular weight excluding hydrogens is 230 g/mol. The first-order chi connectivity index (χ1) is 7.60. The fourth-order valence-corrected chi connectivity index (χ4v) is 2.09. The van der Waals surface area contributed by atoms with E-state index in [1.165, 1.54) is 19.0 Å². The van der Waals surface area contributed by atoms with Crippen LogP contribution in [-0.4, -0.2) is 28.1 Å². The molecule has 88 valence electrons. The van der Waals surface area contributed by atoms with Gasteiger partial charge in [-0.2, -0.15) is 0 Å². The fourth-order valence-electron chi connectivity index (χ4n) is 1.94. The maximum atomic E-state index is 10.9. The van der Waals surface area contributed by atoms with E-state index < -0.39 is 11.1 Å². The predicted octanol–water partition coefficient (Wildman–Crippen LogP) is 1.01. The number of carboxylic acid groups (broad SMARTS) is 1. The molecule has 5 nitrogen and oxygen atoms in total. The number of aliphatic carboxylic acids is 1. The molecule has 1 unspecified atom stereocenters. The van der Waals surface area contributed by atoms with Crippen LogP contribution in [0.2, 0.25) is 0 Å². The number of aliphatic imine (C=N–C) groups is 1. The van der Waals surface area contributed by atoms with Crippen molar-refractivity contribution in [2.24, 2.45) is 4.99 Å². The van der Waals surface area contributed by atoms with Crippen molar-refractivity contribution in [1.82, 2.24) is 10.6 Å². The number of carboxylic acids is 1. The second-order valence-electron chi connectivity index (χ2n) is 4.03. The average molecular weight is 244 g/mol. The lowest BCUT2D eigenvalue weighted by Crippen LogP contribution is -2.47. The monoisotopic (exact) mass is 243 g/mol. The molecule has 1 atom stereocenters. The molecule has 0 aromatic heterocycles. The Bertz CT molecular complexity index is 350. The largest absolute Gasteiger partial charge is 0.477 e. The molecule has 1 saturated carbocycles. The summed E-state index contributed by atoms with van der Waals surface area (Å²) in [4.78, 5) is 14.8. The number of hydrogen-bond donors (Lipinski definition) is 3. The van der Waals surface area contributed by atoms with Crippen LogP contribution in [0.5, 0.6) is 0 Å². The van der Waals surface area contributed by atoms with Gasteiger partial charge in [0.05, 0.1) is 0 Å².